The molecule has 0 aromatic heterocycles. The number of hydrogen-bond acceptors (Lipinski definition) is 1. The van der Waals surface area contributed by atoms with Gasteiger partial charge in [0.1, 0.15) is 0 Å². The predicted octanol–water partition coefficient (Wildman–Crippen LogP) is 4.79. The summed E-state index contributed by atoms with van der Waals surface area (Å²) in [6.45, 7) is 10.9. The van der Waals surface area contributed by atoms with Gasteiger partial charge in [0.2, 0.25) is 0 Å². The molecule has 100 valence electrons. The fraction of sp³-hybridized carbons (Fsp3) is 0.625. The molecule has 1 unspecified atom stereocenters. The zero-order chi connectivity index (χ0) is 13.7. The summed E-state index contributed by atoms with van der Waals surface area (Å²) in [5.74, 6) is 0. The van der Waals surface area contributed by atoms with Crippen molar-refractivity contribution in [2.24, 2.45) is 0 Å². The first-order chi connectivity index (χ1) is 8.23. The fourth-order valence-electron chi connectivity index (χ4n) is 1.92. The van der Waals surface area contributed by atoms with Crippen LogP contribution in [0.5, 0.6) is 0 Å². The Labute approximate surface area is 108 Å². The van der Waals surface area contributed by atoms with Gasteiger partial charge in [0, 0.05) is 7.11 Å². The minimum atomic E-state index is 0.385. The Balaban J connectivity index is 0. The minimum absolute atomic E-state index is 0.385. The molecule has 0 aliphatic heterocycles. The summed E-state index contributed by atoms with van der Waals surface area (Å²) in [7, 11) is 1.00. The van der Waals surface area contributed by atoms with Crippen LogP contribution in [0.25, 0.3) is 0 Å². The Hall–Kier alpha value is -0.820. The zero-order valence-electron chi connectivity index (χ0n) is 12.5. The molecule has 0 radical (unpaired) electrons. The van der Waals surface area contributed by atoms with Gasteiger partial charge in [-0.1, -0.05) is 71.4 Å². The molecular formula is C16H30O. The molecule has 0 saturated carbocycles. The average Bonchev–Trinajstić information content (AvgIpc) is 2.44. The third-order valence-corrected chi connectivity index (χ3v) is 3.05. The maximum absolute atomic E-state index is 7.00. The topological polar surface area (TPSA) is 20.2 Å². The molecule has 0 saturated heterocycles. The third-order valence-electron chi connectivity index (χ3n) is 3.05. The molecule has 0 aliphatic rings. The Bertz CT molecular complexity index is 243. The third kappa shape index (κ3) is 6.48. The van der Waals surface area contributed by atoms with Crippen molar-refractivity contribution >= 4 is 0 Å². The highest BCUT2D eigenvalue weighted by atomic mass is 16.2. The molecule has 0 amide bonds. The second kappa shape index (κ2) is 11.7. The second-order valence-electron chi connectivity index (χ2n) is 4.03. The highest BCUT2D eigenvalue weighted by Crippen LogP contribution is 2.31. The highest BCUT2D eigenvalue weighted by Gasteiger charge is 2.22. The molecule has 1 N–H and O–H groups in total. The molecular weight excluding hydrogens is 208 g/mol. The molecule has 1 atom stereocenters. The van der Waals surface area contributed by atoms with Gasteiger partial charge in [0.15, 0.2) is 0 Å². The van der Waals surface area contributed by atoms with Gasteiger partial charge in [-0.2, -0.15) is 0 Å². The second-order valence-corrected chi connectivity index (χ2v) is 4.03. The predicted molar refractivity (Wildman–Crippen MR) is 78.5 cm³/mol. The largest absolute Gasteiger partial charge is 0.400 e. The summed E-state index contributed by atoms with van der Waals surface area (Å²) in [6.07, 6.45) is 3.78. The van der Waals surface area contributed by atoms with Crippen LogP contribution < -0.4 is 0 Å². The molecule has 0 bridgehead atoms. The van der Waals surface area contributed by atoms with Crippen molar-refractivity contribution in [2.75, 3.05) is 7.11 Å². The quantitative estimate of drug-likeness (QED) is 0.799. The van der Waals surface area contributed by atoms with E-state index in [2.05, 4.69) is 51.1 Å². The van der Waals surface area contributed by atoms with E-state index in [1.807, 2.05) is 13.8 Å². The van der Waals surface area contributed by atoms with Gasteiger partial charge >= 0.3 is 0 Å². The summed E-state index contributed by atoms with van der Waals surface area (Å²) in [6, 6.07) is 10.9. The van der Waals surface area contributed by atoms with Gasteiger partial charge in [-0.25, -0.2) is 0 Å². The van der Waals surface area contributed by atoms with E-state index < -0.39 is 0 Å². The van der Waals surface area contributed by atoms with E-state index in [-0.39, 0.29) is 0 Å². The monoisotopic (exact) mass is 238 g/mol. The maximum Gasteiger partial charge on any atom is 0.0319 e. The average molecular weight is 238 g/mol. The fourth-order valence-corrected chi connectivity index (χ4v) is 1.92. The van der Waals surface area contributed by atoms with E-state index in [0.29, 0.717) is 5.41 Å². The Morgan fingerprint density at radius 2 is 1.47 bits per heavy atom. The molecule has 0 spiro atoms. The molecule has 17 heavy (non-hydrogen) atoms. The van der Waals surface area contributed by atoms with E-state index in [0.717, 1.165) is 7.11 Å². The van der Waals surface area contributed by atoms with Crippen molar-refractivity contribution < 1.29 is 5.11 Å². The first-order valence-corrected chi connectivity index (χ1v) is 6.73. The maximum atomic E-state index is 7.00. The van der Waals surface area contributed by atoms with E-state index in [4.69, 9.17) is 5.11 Å². The van der Waals surface area contributed by atoms with Crippen LogP contribution in [0.4, 0.5) is 0 Å². The number of hydrogen-bond donors (Lipinski definition) is 1. The Kier molecular flexibility index (Phi) is 12.7. The normalized spacial score (nSPS) is 12.4. The lowest BCUT2D eigenvalue weighted by Crippen LogP contribution is -2.20. The lowest BCUT2D eigenvalue weighted by Gasteiger charge is -2.28. The smallest absolute Gasteiger partial charge is 0.0319 e. The van der Waals surface area contributed by atoms with Gasteiger partial charge in [0.05, 0.1) is 0 Å². The number of aliphatic hydroxyl groups excluding tert-OH is 1. The van der Waals surface area contributed by atoms with Crippen LogP contribution in [-0.2, 0) is 5.41 Å². The highest BCUT2D eigenvalue weighted by molar-refractivity contribution is 5.23. The van der Waals surface area contributed by atoms with Crippen LogP contribution >= 0.6 is 0 Å². The van der Waals surface area contributed by atoms with Crippen molar-refractivity contribution in [2.45, 2.75) is 59.3 Å². The van der Waals surface area contributed by atoms with Gasteiger partial charge in [-0.15, -0.1) is 0 Å². The van der Waals surface area contributed by atoms with Crippen LogP contribution in [0.15, 0.2) is 30.3 Å². The molecule has 1 aromatic rings. The van der Waals surface area contributed by atoms with E-state index in [9.17, 15) is 0 Å². The van der Waals surface area contributed by atoms with E-state index in [1.165, 1.54) is 24.8 Å². The van der Waals surface area contributed by atoms with Crippen LogP contribution in [0.3, 0.4) is 0 Å². The van der Waals surface area contributed by atoms with Gasteiger partial charge in [0.25, 0.3) is 0 Å². The standard InChI is InChI=1S/C13H20.C2H6.CH4O/c1-4-11-13(3,5-2)12-9-7-6-8-10-12;2*1-2/h6-10H,4-5,11H2,1-3H3;1-2H3;2H,1H3. The van der Waals surface area contributed by atoms with Gasteiger partial charge in [-0.05, 0) is 23.8 Å². The van der Waals surface area contributed by atoms with E-state index >= 15 is 0 Å². The molecule has 1 rings (SSSR count). The van der Waals surface area contributed by atoms with Crippen molar-refractivity contribution in [3.8, 4) is 0 Å². The van der Waals surface area contributed by atoms with Crippen molar-refractivity contribution in [1.29, 1.82) is 0 Å². The summed E-state index contributed by atoms with van der Waals surface area (Å²) < 4.78 is 0. The van der Waals surface area contributed by atoms with Gasteiger partial charge in [-0.3, -0.25) is 0 Å². The number of rotatable bonds is 4. The number of aliphatic hydroxyl groups is 1. The van der Waals surface area contributed by atoms with Gasteiger partial charge < -0.3 is 5.11 Å². The zero-order valence-corrected chi connectivity index (χ0v) is 12.5. The summed E-state index contributed by atoms with van der Waals surface area (Å²) in [4.78, 5) is 0. The Morgan fingerprint density at radius 3 is 1.82 bits per heavy atom. The Morgan fingerprint density at radius 1 is 1.00 bits per heavy atom. The van der Waals surface area contributed by atoms with Crippen molar-refractivity contribution in [1.82, 2.24) is 0 Å². The van der Waals surface area contributed by atoms with E-state index in [1.54, 1.807) is 0 Å². The molecule has 1 aromatic carbocycles. The first kappa shape index (κ1) is 18.5. The summed E-state index contributed by atoms with van der Waals surface area (Å²) >= 11 is 0. The minimum Gasteiger partial charge on any atom is -0.400 e. The molecule has 0 aliphatic carbocycles. The number of benzene rings is 1. The van der Waals surface area contributed by atoms with Crippen LogP contribution in [0.1, 0.15) is 59.4 Å². The summed E-state index contributed by atoms with van der Waals surface area (Å²) in [5, 5.41) is 7.00. The lowest BCUT2D eigenvalue weighted by atomic mass is 9.77. The molecule has 0 heterocycles. The van der Waals surface area contributed by atoms with Crippen molar-refractivity contribution in [3.05, 3.63) is 35.9 Å². The van der Waals surface area contributed by atoms with Crippen molar-refractivity contribution in [3.63, 3.8) is 0 Å². The SMILES string of the molecule is CC.CCCC(C)(CC)c1ccccc1.CO. The molecule has 0 fully saturated rings. The lowest BCUT2D eigenvalue weighted by molar-refractivity contribution is 0.399. The van der Waals surface area contributed by atoms with Crippen LogP contribution in [0.2, 0.25) is 0 Å². The first-order valence-electron chi connectivity index (χ1n) is 6.73. The van der Waals surface area contributed by atoms with Crippen LogP contribution in [-0.4, -0.2) is 12.2 Å². The molecule has 1 heteroatoms. The summed E-state index contributed by atoms with van der Waals surface area (Å²) in [5.41, 5.74) is 1.87. The van der Waals surface area contributed by atoms with Crippen LogP contribution in [0, 0.1) is 0 Å². The molecule has 1 nitrogen and oxygen atoms in total.